The van der Waals surface area contributed by atoms with Crippen LogP contribution in [-0.2, 0) is 10.0 Å². The molecule has 0 aliphatic heterocycles. The number of benzene rings is 1. The minimum absolute atomic E-state index is 0.228. The summed E-state index contributed by atoms with van der Waals surface area (Å²) in [5.74, 6) is 0. The van der Waals surface area contributed by atoms with Crippen molar-refractivity contribution in [3.63, 3.8) is 0 Å². The molecule has 0 aliphatic carbocycles. The molecule has 0 spiro atoms. The molecule has 2 aromatic rings. The van der Waals surface area contributed by atoms with E-state index in [1.54, 1.807) is 39.0 Å². The summed E-state index contributed by atoms with van der Waals surface area (Å²) in [4.78, 5) is 4.26. The van der Waals surface area contributed by atoms with Crippen LogP contribution in [0.3, 0.4) is 0 Å². The number of aryl methyl sites for hydroxylation is 3. The van der Waals surface area contributed by atoms with Crippen LogP contribution in [0.25, 0.3) is 0 Å². The molecule has 0 fully saturated rings. The number of sulfonamides is 1. The first-order chi connectivity index (χ1) is 9.70. The number of hydrogen-bond donors (Lipinski definition) is 2. The van der Waals surface area contributed by atoms with E-state index < -0.39 is 10.0 Å². The van der Waals surface area contributed by atoms with Gasteiger partial charge in [0, 0.05) is 5.69 Å². The highest BCUT2D eigenvalue weighted by Gasteiger charge is 2.21. The fourth-order valence-electron chi connectivity index (χ4n) is 2.24. The van der Waals surface area contributed by atoms with Gasteiger partial charge in [0.2, 0.25) is 0 Å². The predicted molar refractivity (Wildman–Crippen MR) is 85.1 cm³/mol. The highest BCUT2D eigenvalue weighted by molar-refractivity contribution is 7.92. The summed E-state index contributed by atoms with van der Waals surface area (Å²) in [6.07, 6.45) is 0. The van der Waals surface area contributed by atoms with E-state index in [2.05, 4.69) is 9.71 Å². The van der Waals surface area contributed by atoms with E-state index in [1.165, 1.54) is 6.07 Å². The molecule has 0 saturated heterocycles. The number of nitrogens with two attached hydrogens (primary N) is 1. The van der Waals surface area contributed by atoms with Crippen molar-refractivity contribution >= 4 is 33.0 Å². The largest absolute Gasteiger partial charge is 0.399 e. The fraction of sp³-hybridized carbons (Fsp3) is 0.214. The Balaban J connectivity index is 2.48. The lowest BCUT2D eigenvalue weighted by Crippen LogP contribution is -2.17. The minimum Gasteiger partial charge on any atom is -0.399 e. The van der Waals surface area contributed by atoms with Gasteiger partial charge in [0.25, 0.3) is 10.0 Å². The van der Waals surface area contributed by atoms with Crippen molar-refractivity contribution in [2.75, 3.05) is 10.5 Å². The number of anilines is 2. The predicted octanol–water partition coefficient (Wildman–Crippen LogP) is 3.04. The summed E-state index contributed by atoms with van der Waals surface area (Å²) in [7, 11) is -3.72. The monoisotopic (exact) mass is 325 g/mol. The van der Waals surface area contributed by atoms with Crippen molar-refractivity contribution in [3.8, 4) is 0 Å². The van der Waals surface area contributed by atoms with Gasteiger partial charge < -0.3 is 5.73 Å². The van der Waals surface area contributed by atoms with Gasteiger partial charge in [-0.3, -0.25) is 4.72 Å². The van der Waals surface area contributed by atoms with Crippen LogP contribution in [0.1, 0.15) is 16.8 Å². The fourth-order valence-corrected chi connectivity index (χ4v) is 4.00. The first-order valence-corrected chi connectivity index (χ1v) is 8.09. The molecule has 1 heterocycles. The highest BCUT2D eigenvalue weighted by atomic mass is 35.5. The lowest BCUT2D eigenvalue weighted by Gasteiger charge is -2.14. The van der Waals surface area contributed by atoms with Crippen molar-refractivity contribution in [2.24, 2.45) is 0 Å². The molecule has 21 heavy (non-hydrogen) atoms. The van der Waals surface area contributed by atoms with Crippen molar-refractivity contribution < 1.29 is 8.42 Å². The minimum atomic E-state index is -3.72. The third-order valence-electron chi connectivity index (χ3n) is 3.05. The third-order valence-corrected chi connectivity index (χ3v) is 4.93. The molecule has 1 aromatic heterocycles. The van der Waals surface area contributed by atoms with Gasteiger partial charge in [-0.25, -0.2) is 13.4 Å². The Kier molecular flexibility index (Phi) is 4.11. The number of pyridine rings is 1. The molecular formula is C14H16ClN3O2S. The van der Waals surface area contributed by atoms with E-state index in [9.17, 15) is 8.42 Å². The Morgan fingerprint density at radius 3 is 2.24 bits per heavy atom. The number of nitrogen functional groups attached to an aromatic ring is 1. The van der Waals surface area contributed by atoms with Crippen LogP contribution in [-0.4, -0.2) is 13.4 Å². The Morgan fingerprint density at radius 2 is 1.71 bits per heavy atom. The van der Waals surface area contributed by atoms with E-state index in [0.717, 1.165) is 0 Å². The SMILES string of the molecule is Cc1cc(N)cc(C)c1S(=O)(=O)Nc1ccc(Cl)nc1C. The summed E-state index contributed by atoms with van der Waals surface area (Å²) in [5, 5.41) is 0.315. The van der Waals surface area contributed by atoms with Crippen molar-refractivity contribution in [1.29, 1.82) is 0 Å². The van der Waals surface area contributed by atoms with Gasteiger partial charge >= 0.3 is 0 Å². The van der Waals surface area contributed by atoms with E-state index in [0.29, 0.717) is 33.3 Å². The maximum absolute atomic E-state index is 12.6. The van der Waals surface area contributed by atoms with Gasteiger partial charge in [0.15, 0.2) is 0 Å². The zero-order valence-corrected chi connectivity index (χ0v) is 13.5. The zero-order chi connectivity index (χ0) is 15.8. The average molecular weight is 326 g/mol. The molecule has 0 atom stereocenters. The molecule has 3 N–H and O–H groups in total. The van der Waals surface area contributed by atoms with Crippen molar-refractivity contribution in [3.05, 3.63) is 46.2 Å². The van der Waals surface area contributed by atoms with Crippen LogP contribution in [0.4, 0.5) is 11.4 Å². The van der Waals surface area contributed by atoms with E-state index >= 15 is 0 Å². The second-order valence-corrected chi connectivity index (χ2v) is 6.86. The zero-order valence-electron chi connectivity index (χ0n) is 11.9. The summed E-state index contributed by atoms with van der Waals surface area (Å²) >= 11 is 5.77. The van der Waals surface area contributed by atoms with Crippen molar-refractivity contribution in [1.82, 2.24) is 4.98 Å². The summed E-state index contributed by atoms with van der Waals surface area (Å²) in [6.45, 7) is 5.11. The summed E-state index contributed by atoms with van der Waals surface area (Å²) in [6, 6.07) is 6.39. The first kappa shape index (κ1) is 15.6. The van der Waals surface area contributed by atoms with Gasteiger partial charge in [-0.1, -0.05) is 11.6 Å². The Morgan fingerprint density at radius 1 is 1.14 bits per heavy atom. The Hall–Kier alpha value is -1.79. The number of nitrogens with one attached hydrogen (secondary N) is 1. The molecule has 0 saturated carbocycles. The second kappa shape index (κ2) is 5.54. The molecule has 7 heteroatoms. The molecule has 0 amide bonds. The number of halogens is 1. The van der Waals surface area contributed by atoms with Crippen LogP contribution >= 0.6 is 11.6 Å². The molecule has 2 rings (SSSR count). The molecule has 0 radical (unpaired) electrons. The van der Waals surface area contributed by atoms with E-state index in [1.807, 2.05) is 0 Å². The summed E-state index contributed by atoms with van der Waals surface area (Å²) < 4.78 is 27.7. The van der Waals surface area contributed by atoms with Crippen molar-refractivity contribution in [2.45, 2.75) is 25.7 Å². The molecule has 1 aromatic carbocycles. The number of nitrogens with zero attached hydrogens (tertiary/aromatic N) is 1. The Labute approximate surface area is 129 Å². The standard InChI is InChI=1S/C14H16ClN3O2S/c1-8-6-11(16)7-9(2)14(8)21(19,20)18-12-4-5-13(15)17-10(12)3/h4-7,18H,16H2,1-3H3. The smallest absolute Gasteiger partial charge is 0.262 e. The first-order valence-electron chi connectivity index (χ1n) is 6.23. The van der Waals surface area contributed by atoms with Gasteiger partial charge in [-0.2, -0.15) is 0 Å². The number of aromatic nitrogens is 1. The molecule has 0 bridgehead atoms. The van der Waals surface area contributed by atoms with Gasteiger partial charge in [0.05, 0.1) is 16.3 Å². The van der Waals surface area contributed by atoms with Gasteiger partial charge in [-0.15, -0.1) is 0 Å². The van der Waals surface area contributed by atoms with Crippen LogP contribution in [0, 0.1) is 20.8 Å². The molecule has 5 nitrogen and oxygen atoms in total. The lowest BCUT2D eigenvalue weighted by molar-refractivity contribution is 0.600. The summed E-state index contributed by atoms with van der Waals surface area (Å²) in [5.41, 5.74) is 8.36. The van der Waals surface area contributed by atoms with E-state index in [-0.39, 0.29) is 4.90 Å². The maximum Gasteiger partial charge on any atom is 0.262 e. The van der Waals surface area contributed by atoms with Crippen LogP contribution in [0.15, 0.2) is 29.2 Å². The normalized spacial score (nSPS) is 11.4. The van der Waals surface area contributed by atoms with E-state index in [4.69, 9.17) is 17.3 Å². The van der Waals surface area contributed by atoms with Gasteiger partial charge in [0.1, 0.15) is 5.15 Å². The number of rotatable bonds is 3. The number of hydrogen-bond acceptors (Lipinski definition) is 4. The molecule has 112 valence electrons. The molecule has 0 unspecified atom stereocenters. The quantitative estimate of drug-likeness (QED) is 0.671. The average Bonchev–Trinajstić information content (AvgIpc) is 2.30. The maximum atomic E-state index is 12.6. The Bertz CT molecular complexity index is 781. The van der Waals surface area contributed by atoms with Crippen LogP contribution in [0.5, 0.6) is 0 Å². The second-order valence-electron chi connectivity index (χ2n) is 4.86. The molecule has 0 aliphatic rings. The van der Waals surface area contributed by atoms with Crippen LogP contribution < -0.4 is 10.5 Å². The van der Waals surface area contributed by atoms with Crippen LogP contribution in [0.2, 0.25) is 5.15 Å². The highest BCUT2D eigenvalue weighted by Crippen LogP contribution is 2.26. The van der Waals surface area contributed by atoms with Gasteiger partial charge in [-0.05, 0) is 56.2 Å². The lowest BCUT2D eigenvalue weighted by atomic mass is 10.1. The topological polar surface area (TPSA) is 85.1 Å². The molecular weight excluding hydrogens is 310 g/mol. The third kappa shape index (κ3) is 3.28.